The van der Waals surface area contributed by atoms with Crippen LogP contribution in [0.3, 0.4) is 0 Å². The molecule has 7 nitrogen and oxygen atoms in total. The number of imidazole rings is 1. The van der Waals surface area contributed by atoms with Crippen molar-refractivity contribution in [2.45, 2.75) is 18.9 Å². The molecule has 27 heavy (non-hydrogen) atoms. The molecule has 2 N–H and O–H groups in total. The van der Waals surface area contributed by atoms with Crippen molar-refractivity contribution in [1.29, 1.82) is 0 Å². The number of amides is 1. The summed E-state index contributed by atoms with van der Waals surface area (Å²) in [6.45, 7) is 4.61. The van der Waals surface area contributed by atoms with Crippen LogP contribution in [0.1, 0.15) is 23.3 Å². The molecule has 2 aromatic rings. The summed E-state index contributed by atoms with van der Waals surface area (Å²) < 4.78 is 14.0. The third-order valence-corrected chi connectivity index (χ3v) is 5.53. The maximum Gasteiger partial charge on any atom is 0.323 e. The fourth-order valence-corrected chi connectivity index (χ4v) is 4.09. The van der Waals surface area contributed by atoms with E-state index < -0.39 is 0 Å². The van der Waals surface area contributed by atoms with Crippen molar-refractivity contribution in [3.05, 3.63) is 52.5 Å². The number of benzene rings is 1. The van der Waals surface area contributed by atoms with Crippen LogP contribution in [0.15, 0.2) is 35.3 Å². The number of hydrogen-bond donors (Lipinski definition) is 2. The highest BCUT2D eigenvalue weighted by molar-refractivity contribution is 5.92. The number of piperazine rings is 1. The molecule has 0 unspecified atom stereocenters. The molecule has 0 radical (unpaired) electrons. The second kappa shape index (κ2) is 7.56. The molecule has 2 aliphatic rings. The Labute approximate surface area is 156 Å². The molecule has 4 rings (SSSR count). The van der Waals surface area contributed by atoms with Crippen LogP contribution < -0.4 is 10.6 Å². The Balaban J connectivity index is 1.36. The number of para-hydroxylation sites is 1. The first-order chi connectivity index (χ1) is 13.1. The minimum Gasteiger partial charge on any atom is -0.367 e. The van der Waals surface area contributed by atoms with E-state index in [4.69, 9.17) is 0 Å². The molecule has 1 amide bonds. The molecule has 0 bridgehead atoms. The molecule has 0 spiro atoms. The monoisotopic (exact) mass is 373 g/mol. The van der Waals surface area contributed by atoms with Gasteiger partial charge < -0.3 is 19.8 Å². The van der Waals surface area contributed by atoms with Gasteiger partial charge in [0.1, 0.15) is 11.5 Å². The standard InChI is InChI=1S/C19H24FN5O2/c20-15-5-1-2-6-17(15)24-10-8-23(9-11-24)14-4-3-7-25(13-14)18(26)16-12-21-19(27)22-16/h1-2,5-6,12,14H,3-4,7-11,13H2,(H2,21,22,27)/t14-/m0/s1. The number of aromatic amines is 2. The first kappa shape index (κ1) is 17.8. The zero-order valence-electron chi connectivity index (χ0n) is 15.2. The van der Waals surface area contributed by atoms with Crippen molar-refractivity contribution in [1.82, 2.24) is 19.8 Å². The number of hydrogen-bond acceptors (Lipinski definition) is 4. The molecule has 0 saturated carbocycles. The average Bonchev–Trinajstić information content (AvgIpc) is 3.14. The summed E-state index contributed by atoms with van der Waals surface area (Å²) in [5, 5.41) is 0. The van der Waals surface area contributed by atoms with Crippen molar-refractivity contribution < 1.29 is 9.18 Å². The highest BCUT2D eigenvalue weighted by Crippen LogP contribution is 2.23. The summed E-state index contributed by atoms with van der Waals surface area (Å²) in [5.74, 6) is -0.316. The van der Waals surface area contributed by atoms with Gasteiger partial charge in [-0.05, 0) is 25.0 Å². The molecular weight excluding hydrogens is 349 g/mol. The smallest absolute Gasteiger partial charge is 0.323 e. The SMILES string of the molecule is O=C(c1c[nH]c(=O)[nH]1)N1CCC[C@H](N2CCN(c3ccccc3F)CC2)C1. The van der Waals surface area contributed by atoms with Crippen LogP contribution in [-0.4, -0.2) is 71.0 Å². The van der Waals surface area contributed by atoms with E-state index in [1.807, 2.05) is 17.0 Å². The summed E-state index contributed by atoms with van der Waals surface area (Å²) in [7, 11) is 0. The lowest BCUT2D eigenvalue weighted by molar-refractivity contribution is 0.0558. The van der Waals surface area contributed by atoms with Gasteiger partial charge in [0.05, 0.1) is 5.69 Å². The van der Waals surface area contributed by atoms with Crippen LogP contribution in [-0.2, 0) is 0 Å². The maximum atomic E-state index is 14.0. The second-order valence-electron chi connectivity index (χ2n) is 7.18. The zero-order chi connectivity index (χ0) is 18.8. The predicted octanol–water partition coefficient (Wildman–Crippen LogP) is 1.27. The number of H-pyrrole nitrogens is 2. The second-order valence-corrected chi connectivity index (χ2v) is 7.18. The number of anilines is 1. The summed E-state index contributed by atoms with van der Waals surface area (Å²) in [6, 6.07) is 7.19. The van der Waals surface area contributed by atoms with E-state index in [9.17, 15) is 14.0 Å². The van der Waals surface area contributed by atoms with Gasteiger partial charge in [0.2, 0.25) is 0 Å². The zero-order valence-corrected chi connectivity index (χ0v) is 15.2. The number of halogens is 1. The van der Waals surface area contributed by atoms with Gasteiger partial charge in [0.15, 0.2) is 0 Å². The van der Waals surface area contributed by atoms with Gasteiger partial charge in [-0.2, -0.15) is 0 Å². The number of aromatic nitrogens is 2. The van der Waals surface area contributed by atoms with Gasteiger partial charge in [-0.15, -0.1) is 0 Å². The molecule has 2 aliphatic heterocycles. The minimum atomic E-state index is -0.365. The maximum absolute atomic E-state index is 14.0. The lowest BCUT2D eigenvalue weighted by Crippen LogP contribution is -2.56. The fraction of sp³-hybridized carbons (Fsp3) is 0.474. The van der Waals surface area contributed by atoms with E-state index >= 15 is 0 Å². The number of nitrogens with one attached hydrogen (secondary N) is 2. The predicted molar refractivity (Wildman–Crippen MR) is 101 cm³/mol. The molecule has 1 atom stereocenters. The molecule has 2 saturated heterocycles. The average molecular weight is 373 g/mol. The van der Waals surface area contributed by atoms with E-state index in [1.165, 1.54) is 12.3 Å². The van der Waals surface area contributed by atoms with Gasteiger partial charge in [-0.25, -0.2) is 9.18 Å². The van der Waals surface area contributed by atoms with Gasteiger partial charge in [-0.1, -0.05) is 12.1 Å². The lowest BCUT2D eigenvalue weighted by Gasteiger charge is -2.43. The Kier molecular flexibility index (Phi) is 4.98. The van der Waals surface area contributed by atoms with Gasteiger partial charge in [0.25, 0.3) is 5.91 Å². The van der Waals surface area contributed by atoms with Crippen molar-refractivity contribution >= 4 is 11.6 Å². The van der Waals surface area contributed by atoms with Crippen LogP contribution in [0.4, 0.5) is 10.1 Å². The first-order valence-electron chi connectivity index (χ1n) is 9.42. The molecule has 0 aliphatic carbocycles. The third-order valence-electron chi connectivity index (χ3n) is 5.53. The van der Waals surface area contributed by atoms with E-state index in [1.54, 1.807) is 6.07 Å². The number of carbonyl (C=O) groups is 1. The molecule has 2 fully saturated rings. The van der Waals surface area contributed by atoms with Crippen molar-refractivity contribution in [2.24, 2.45) is 0 Å². The summed E-state index contributed by atoms with van der Waals surface area (Å²) in [4.78, 5) is 35.1. The molecule has 144 valence electrons. The number of rotatable bonds is 3. The summed E-state index contributed by atoms with van der Waals surface area (Å²) in [5.41, 5.74) is 0.607. The first-order valence-corrected chi connectivity index (χ1v) is 9.42. The van der Waals surface area contributed by atoms with Crippen LogP contribution in [0.5, 0.6) is 0 Å². The highest BCUT2D eigenvalue weighted by atomic mass is 19.1. The number of nitrogens with zero attached hydrogens (tertiary/aromatic N) is 3. The fourth-order valence-electron chi connectivity index (χ4n) is 4.09. The Bertz CT molecular complexity index is 856. The normalized spacial score (nSPS) is 21.4. The highest BCUT2D eigenvalue weighted by Gasteiger charge is 2.31. The molecule has 8 heteroatoms. The minimum absolute atomic E-state index is 0.136. The molecule has 1 aromatic carbocycles. The van der Waals surface area contributed by atoms with E-state index in [-0.39, 0.29) is 17.4 Å². The Morgan fingerprint density at radius 1 is 1.11 bits per heavy atom. The van der Waals surface area contributed by atoms with Crippen LogP contribution in [0.2, 0.25) is 0 Å². The molecule has 3 heterocycles. The topological polar surface area (TPSA) is 75.4 Å². The largest absolute Gasteiger partial charge is 0.367 e. The number of carbonyl (C=O) groups excluding carboxylic acids is 1. The molecular formula is C19H24FN5O2. The van der Waals surface area contributed by atoms with Crippen LogP contribution >= 0.6 is 0 Å². The van der Waals surface area contributed by atoms with Crippen molar-refractivity contribution in [3.63, 3.8) is 0 Å². The summed E-state index contributed by atoms with van der Waals surface area (Å²) in [6.07, 6.45) is 3.42. The third kappa shape index (κ3) is 3.75. The van der Waals surface area contributed by atoms with Crippen LogP contribution in [0.25, 0.3) is 0 Å². The summed E-state index contributed by atoms with van der Waals surface area (Å²) >= 11 is 0. The molecule has 1 aromatic heterocycles. The van der Waals surface area contributed by atoms with Crippen molar-refractivity contribution in [3.8, 4) is 0 Å². The Morgan fingerprint density at radius 2 is 1.89 bits per heavy atom. The van der Waals surface area contributed by atoms with E-state index in [0.717, 1.165) is 39.0 Å². The Morgan fingerprint density at radius 3 is 2.59 bits per heavy atom. The van der Waals surface area contributed by atoms with Gasteiger partial charge >= 0.3 is 5.69 Å². The number of piperidine rings is 1. The van der Waals surface area contributed by atoms with Crippen molar-refractivity contribution in [2.75, 3.05) is 44.2 Å². The van der Waals surface area contributed by atoms with E-state index in [0.29, 0.717) is 30.5 Å². The quantitative estimate of drug-likeness (QED) is 0.850. The van der Waals surface area contributed by atoms with Crippen LogP contribution in [0, 0.1) is 5.82 Å². The van der Waals surface area contributed by atoms with E-state index in [2.05, 4.69) is 19.8 Å². The lowest BCUT2D eigenvalue weighted by atomic mass is 10.0. The Hall–Kier alpha value is -2.61. The van der Waals surface area contributed by atoms with Gasteiger partial charge in [0, 0.05) is 51.5 Å². The number of likely N-dealkylation sites (tertiary alicyclic amines) is 1. The van der Waals surface area contributed by atoms with Gasteiger partial charge in [-0.3, -0.25) is 9.69 Å².